The van der Waals surface area contributed by atoms with Gasteiger partial charge in [0.2, 0.25) is 0 Å². The molecule has 0 spiro atoms. The largest absolute Gasteiger partial charge is 0.391 e. The summed E-state index contributed by atoms with van der Waals surface area (Å²) in [6.45, 7) is 5.67. The smallest absolute Gasteiger partial charge is 0.150 e. The predicted molar refractivity (Wildman–Crippen MR) is 76.3 cm³/mol. The number of anilines is 1. The fourth-order valence-corrected chi connectivity index (χ4v) is 2.62. The Bertz CT molecular complexity index is 599. The van der Waals surface area contributed by atoms with Gasteiger partial charge in [0.25, 0.3) is 0 Å². The second-order valence-electron chi connectivity index (χ2n) is 5.40. The zero-order valence-electron chi connectivity index (χ0n) is 11.4. The van der Waals surface area contributed by atoms with E-state index in [2.05, 4.69) is 16.8 Å². The Kier molecular flexibility index (Phi) is 3.11. The molecule has 1 aromatic heterocycles. The van der Waals surface area contributed by atoms with Crippen molar-refractivity contribution in [3.05, 3.63) is 30.0 Å². The van der Waals surface area contributed by atoms with Gasteiger partial charge in [-0.15, -0.1) is 0 Å². The number of piperidine rings is 1. The van der Waals surface area contributed by atoms with Gasteiger partial charge in [-0.2, -0.15) is 0 Å². The molecule has 0 bridgehead atoms. The summed E-state index contributed by atoms with van der Waals surface area (Å²) >= 11 is 0. The molecule has 2 heterocycles. The molecule has 0 radical (unpaired) electrons. The third kappa shape index (κ3) is 2.28. The van der Waals surface area contributed by atoms with Crippen molar-refractivity contribution in [3.8, 4) is 0 Å². The molecule has 1 aromatic carbocycles. The molecule has 0 amide bonds. The molecular weight excluding hydrogens is 238 g/mol. The van der Waals surface area contributed by atoms with E-state index >= 15 is 0 Å². The number of fused-ring (bicyclic) bond motifs is 1. The standard InChI is InChI=1S/C15H19N3O/c1-10-7-8-18(9-14(10)19)15-11(2)16-12-5-3-4-6-13(12)17-15/h3-6,10,14,19H,7-9H2,1-2H3. The van der Waals surface area contributed by atoms with Crippen molar-refractivity contribution in [2.24, 2.45) is 5.92 Å². The number of rotatable bonds is 1. The van der Waals surface area contributed by atoms with Gasteiger partial charge in [-0.05, 0) is 31.4 Å². The van der Waals surface area contributed by atoms with Gasteiger partial charge in [0.1, 0.15) is 0 Å². The van der Waals surface area contributed by atoms with E-state index < -0.39 is 0 Å². The maximum Gasteiger partial charge on any atom is 0.150 e. The van der Waals surface area contributed by atoms with Crippen molar-refractivity contribution in [3.63, 3.8) is 0 Å². The maximum absolute atomic E-state index is 10.0. The van der Waals surface area contributed by atoms with Gasteiger partial charge in [0.15, 0.2) is 5.82 Å². The minimum atomic E-state index is -0.276. The molecule has 19 heavy (non-hydrogen) atoms. The van der Waals surface area contributed by atoms with Crippen LogP contribution in [0.4, 0.5) is 5.82 Å². The molecule has 0 saturated carbocycles. The van der Waals surface area contributed by atoms with E-state index in [1.54, 1.807) is 0 Å². The molecule has 2 aromatic rings. The average Bonchev–Trinajstić information content (AvgIpc) is 2.41. The first-order valence-corrected chi connectivity index (χ1v) is 6.81. The van der Waals surface area contributed by atoms with E-state index in [4.69, 9.17) is 4.98 Å². The summed E-state index contributed by atoms with van der Waals surface area (Å²) in [5.74, 6) is 1.27. The molecule has 3 rings (SSSR count). The Morgan fingerprint density at radius 2 is 1.89 bits per heavy atom. The number of aromatic nitrogens is 2. The number of benzene rings is 1. The Morgan fingerprint density at radius 3 is 2.58 bits per heavy atom. The Balaban J connectivity index is 1.98. The molecule has 1 aliphatic heterocycles. The third-order valence-corrected chi connectivity index (χ3v) is 3.94. The molecule has 4 nitrogen and oxygen atoms in total. The highest BCUT2D eigenvalue weighted by molar-refractivity contribution is 5.76. The van der Waals surface area contributed by atoms with Crippen LogP contribution in [0.25, 0.3) is 11.0 Å². The van der Waals surface area contributed by atoms with Crippen molar-refractivity contribution in [1.82, 2.24) is 9.97 Å². The highest BCUT2D eigenvalue weighted by Crippen LogP contribution is 2.25. The number of aliphatic hydroxyl groups excluding tert-OH is 1. The number of hydrogen-bond acceptors (Lipinski definition) is 4. The van der Waals surface area contributed by atoms with Crippen LogP contribution in [0.5, 0.6) is 0 Å². The van der Waals surface area contributed by atoms with E-state index in [0.717, 1.165) is 35.5 Å². The van der Waals surface area contributed by atoms with Crippen LogP contribution in [0.15, 0.2) is 24.3 Å². The molecule has 1 N–H and O–H groups in total. The average molecular weight is 257 g/mol. The molecule has 4 heteroatoms. The summed E-state index contributed by atoms with van der Waals surface area (Å²) in [6.07, 6.45) is 0.719. The summed E-state index contributed by atoms with van der Waals surface area (Å²) in [6, 6.07) is 7.91. The zero-order chi connectivity index (χ0) is 13.4. The highest BCUT2D eigenvalue weighted by Gasteiger charge is 2.26. The van der Waals surface area contributed by atoms with Gasteiger partial charge in [0, 0.05) is 13.1 Å². The summed E-state index contributed by atoms with van der Waals surface area (Å²) in [5, 5.41) is 10.0. The Hall–Kier alpha value is -1.68. The monoisotopic (exact) mass is 257 g/mol. The minimum absolute atomic E-state index is 0.276. The molecule has 1 fully saturated rings. The molecule has 0 aliphatic carbocycles. The summed E-state index contributed by atoms with van der Waals surface area (Å²) in [7, 11) is 0. The molecule has 1 aliphatic rings. The number of β-amino-alcohol motifs (C(OH)–C–C–N with tert-alkyl or cyclic N) is 1. The lowest BCUT2D eigenvalue weighted by atomic mass is 9.96. The number of aryl methyl sites for hydroxylation is 1. The van der Waals surface area contributed by atoms with Crippen molar-refractivity contribution >= 4 is 16.9 Å². The van der Waals surface area contributed by atoms with Crippen LogP contribution in [0.2, 0.25) is 0 Å². The van der Waals surface area contributed by atoms with Crippen LogP contribution in [-0.2, 0) is 0 Å². The van der Waals surface area contributed by atoms with Crippen LogP contribution < -0.4 is 4.90 Å². The third-order valence-electron chi connectivity index (χ3n) is 3.94. The van der Waals surface area contributed by atoms with E-state index in [1.807, 2.05) is 31.2 Å². The van der Waals surface area contributed by atoms with Crippen molar-refractivity contribution in [1.29, 1.82) is 0 Å². The second-order valence-corrected chi connectivity index (χ2v) is 5.40. The Morgan fingerprint density at radius 1 is 1.21 bits per heavy atom. The first kappa shape index (κ1) is 12.4. The van der Waals surface area contributed by atoms with Crippen LogP contribution in [0.3, 0.4) is 0 Å². The maximum atomic E-state index is 10.0. The van der Waals surface area contributed by atoms with E-state index in [1.165, 1.54) is 0 Å². The topological polar surface area (TPSA) is 49.2 Å². The molecular formula is C15H19N3O. The van der Waals surface area contributed by atoms with Crippen LogP contribution >= 0.6 is 0 Å². The molecule has 2 atom stereocenters. The summed E-state index contributed by atoms with van der Waals surface area (Å²) in [4.78, 5) is 11.5. The lowest BCUT2D eigenvalue weighted by Crippen LogP contribution is -2.43. The van der Waals surface area contributed by atoms with Gasteiger partial charge < -0.3 is 10.0 Å². The second kappa shape index (κ2) is 4.78. The fraction of sp³-hybridized carbons (Fsp3) is 0.467. The molecule has 2 unspecified atom stereocenters. The van der Waals surface area contributed by atoms with Gasteiger partial charge in [-0.1, -0.05) is 19.1 Å². The lowest BCUT2D eigenvalue weighted by molar-refractivity contribution is 0.102. The lowest BCUT2D eigenvalue weighted by Gasteiger charge is -2.35. The van der Waals surface area contributed by atoms with E-state index in [-0.39, 0.29) is 6.10 Å². The van der Waals surface area contributed by atoms with Gasteiger partial charge in [0.05, 0.1) is 22.8 Å². The van der Waals surface area contributed by atoms with E-state index in [0.29, 0.717) is 12.5 Å². The molecule has 100 valence electrons. The first-order chi connectivity index (χ1) is 9.15. The minimum Gasteiger partial charge on any atom is -0.391 e. The van der Waals surface area contributed by atoms with Gasteiger partial charge in [-0.3, -0.25) is 0 Å². The van der Waals surface area contributed by atoms with Crippen LogP contribution in [-0.4, -0.2) is 34.3 Å². The number of nitrogens with zero attached hydrogens (tertiary/aromatic N) is 3. The first-order valence-electron chi connectivity index (χ1n) is 6.81. The zero-order valence-corrected chi connectivity index (χ0v) is 11.4. The summed E-state index contributed by atoms with van der Waals surface area (Å²) in [5.41, 5.74) is 2.77. The van der Waals surface area contributed by atoms with Crippen molar-refractivity contribution in [2.45, 2.75) is 26.4 Å². The van der Waals surface area contributed by atoms with E-state index in [9.17, 15) is 5.11 Å². The SMILES string of the molecule is Cc1nc2ccccc2nc1N1CCC(C)C(O)C1. The normalized spacial score (nSPS) is 23.8. The predicted octanol–water partition coefficient (Wildman–Crippen LogP) is 2.15. The number of hydrogen-bond donors (Lipinski definition) is 1. The van der Waals surface area contributed by atoms with Crippen molar-refractivity contribution in [2.75, 3.05) is 18.0 Å². The Labute approximate surface area is 113 Å². The van der Waals surface area contributed by atoms with Gasteiger partial charge >= 0.3 is 0 Å². The van der Waals surface area contributed by atoms with Crippen LogP contribution in [0, 0.1) is 12.8 Å². The number of para-hydroxylation sites is 2. The fourth-order valence-electron chi connectivity index (χ4n) is 2.62. The van der Waals surface area contributed by atoms with Crippen LogP contribution in [0.1, 0.15) is 19.0 Å². The summed E-state index contributed by atoms with van der Waals surface area (Å²) < 4.78 is 0. The quantitative estimate of drug-likeness (QED) is 0.850. The highest BCUT2D eigenvalue weighted by atomic mass is 16.3. The van der Waals surface area contributed by atoms with Crippen molar-refractivity contribution < 1.29 is 5.11 Å². The number of aliphatic hydroxyl groups is 1. The molecule has 1 saturated heterocycles. The van der Waals surface area contributed by atoms with Gasteiger partial charge in [-0.25, -0.2) is 9.97 Å².